The maximum absolute atomic E-state index is 12.5. The van der Waals surface area contributed by atoms with Gasteiger partial charge in [0.1, 0.15) is 13.2 Å². The largest absolute Gasteiger partial charge is 0.486 e. The number of hydrogen-bond donors (Lipinski definition) is 1. The average Bonchev–Trinajstić information content (AvgIpc) is 2.55. The lowest BCUT2D eigenvalue weighted by atomic mass is 10.3. The summed E-state index contributed by atoms with van der Waals surface area (Å²) in [5.41, 5.74) is -1.29. The van der Waals surface area contributed by atoms with Crippen LogP contribution in [-0.4, -0.2) is 30.8 Å². The van der Waals surface area contributed by atoms with Gasteiger partial charge in [0, 0.05) is 26.4 Å². The molecule has 128 valence electrons. The van der Waals surface area contributed by atoms with Crippen molar-refractivity contribution in [3.05, 3.63) is 45.2 Å². The molecule has 1 aliphatic rings. The van der Waals surface area contributed by atoms with Crippen molar-refractivity contribution in [3.63, 3.8) is 0 Å². The summed E-state index contributed by atoms with van der Waals surface area (Å²) < 4.78 is 39.8. The first-order chi connectivity index (χ1) is 11.3. The van der Waals surface area contributed by atoms with E-state index in [9.17, 15) is 18.0 Å². The Morgan fingerprint density at radius 1 is 1.08 bits per heavy atom. The lowest BCUT2D eigenvalue weighted by Crippen LogP contribution is -2.40. The molecule has 0 saturated heterocycles. The fraction of sp³-hybridized carbons (Fsp3) is 0.286. The molecule has 9 nitrogen and oxygen atoms in total. The van der Waals surface area contributed by atoms with Gasteiger partial charge in [-0.15, -0.1) is 0 Å². The number of hydrogen-bond acceptors (Lipinski definition) is 6. The Kier molecular flexibility index (Phi) is 3.84. The Labute approximate surface area is 137 Å². The van der Waals surface area contributed by atoms with Gasteiger partial charge in [-0.3, -0.25) is 14.1 Å². The molecule has 0 fully saturated rings. The van der Waals surface area contributed by atoms with Crippen LogP contribution < -0.4 is 25.4 Å². The minimum Gasteiger partial charge on any atom is -0.486 e. The Bertz CT molecular complexity index is 1020. The third-order valence-electron chi connectivity index (χ3n) is 3.50. The fourth-order valence-electron chi connectivity index (χ4n) is 2.28. The van der Waals surface area contributed by atoms with Crippen LogP contribution in [0.15, 0.2) is 38.9 Å². The monoisotopic (exact) mass is 353 g/mol. The number of benzene rings is 1. The highest BCUT2D eigenvalue weighted by atomic mass is 32.2. The van der Waals surface area contributed by atoms with Crippen molar-refractivity contribution < 1.29 is 17.9 Å². The van der Waals surface area contributed by atoms with Crippen molar-refractivity contribution >= 4 is 15.7 Å². The first-order valence-electron chi connectivity index (χ1n) is 6.99. The molecule has 2 heterocycles. The second kappa shape index (κ2) is 5.71. The van der Waals surface area contributed by atoms with E-state index in [-0.39, 0.29) is 5.69 Å². The van der Waals surface area contributed by atoms with Crippen molar-refractivity contribution in [2.75, 3.05) is 17.9 Å². The summed E-state index contributed by atoms with van der Waals surface area (Å²) in [6.07, 6.45) is 0.991. The molecule has 24 heavy (non-hydrogen) atoms. The molecule has 0 unspecified atom stereocenters. The minimum absolute atomic E-state index is 0.218. The molecule has 1 aromatic carbocycles. The maximum atomic E-state index is 12.5. The van der Waals surface area contributed by atoms with Crippen LogP contribution in [0.1, 0.15) is 0 Å². The Hall–Kier alpha value is -2.75. The first kappa shape index (κ1) is 16.1. The van der Waals surface area contributed by atoms with Gasteiger partial charge >= 0.3 is 5.69 Å². The van der Waals surface area contributed by atoms with E-state index in [4.69, 9.17) is 9.47 Å². The van der Waals surface area contributed by atoms with Crippen LogP contribution in [0.25, 0.3) is 0 Å². The zero-order chi connectivity index (χ0) is 17.5. The summed E-state index contributed by atoms with van der Waals surface area (Å²) in [7, 11) is -1.59. The zero-order valence-electron chi connectivity index (χ0n) is 13.0. The second-order valence-electron chi connectivity index (χ2n) is 5.21. The highest BCUT2D eigenvalue weighted by Gasteiger charge is 2.22. The van der Waals surface area contributed by atoms with E-state index in [0.29, 0.717) is 24.7 Å². The van der Waals surface area contributed by atoms with Crippen LogP contribution in [0.2, 0.25) is 0 Å². The van der Waals surface area contributed by atoms with Crippen LogP contribution in [-0.2, 0) is 24.1 Å². The van der Waals surface area contributed by atoms with E-state index in [1.807, 2.05) is 0 Å². The third-order valence-corrected chi connectivity index (χ3v) is 4.86. The maximum Gasteiger partial charge on any atom is 0.330 e. The topological polar surface area (TPSA) is 109 Å². The van der Waals surface area contributed by atoms with E-state index >= 15 is 0 Å². The molecule has 0 aliphatic carbocycles. The number of aromatic nitrogens is 2. The quantitative estimate of drug-likeness (QED) is 0.808. The van der Waals surface area contributed by atoms with Gasteiger partial charge in [0.25, 0.3) is 15.6 Å². The summed E-state index contributed by atoms with van der Waals surface area (Å²) in [5, 5.41) is 0. The second-order valence-corrected chi connectivity index (χ2v) is 6.87. The number of anilines is 1. The summed E-state index contributed by atoms with van der Waals surface area (Å²) in [6.45, 7) is 0.788. The van der Waals surface area contributed by atoms with Gasteiger partial charge in [-0.05, 0) is 12.1 Å². The van der Waals surface area contributed by atoms with Gasteiger partial charge < -0.3 is 14.0 Å². The summed E-state index contributed by atoms with van der Waals surface area (Å²) in [6, 6.07) is 4.54. The van der Waals surface area contributed by atoms with Gasteiger partial charge in [-0.2, -0.15) is 0 Å². The van der Waals surface area contributed by atoms with Crippen LogP contribution in [0, 0.1) is 0 Å². The lowest BCUT2D eigenvalue weighted by molar-refractivity contribution is 0.171. The third kappa shape index (κ3) is 2.75. The highest BCUT2D eigenvalue weighted by molar-refractivity contribution is 7.92. The Morgan fingerprint density at radius 3 is 2.46 bits per heavy atom. The molecule has 0 atom stereocenters. The number of sulfonamides is 1. The smallest absolute Gasteiger partial charge is 0.330 e. The SMILES string of the molecule is Cn1cc(S(=O)(=O)Nc2ccc3c(c2)OCCO3)c(=O)n(C)c1=O. The molecular weight excluding hydrogens is 338 g/mol. The average molecular weight is 353 g/mol. The van der Waals surface area contributed by atoms with Crippen molar-refractivity contribution in [1.29, 1.82) is 0 Å². The summed E-state index contributed by atoms with van der Waals surface area (Å²) >= 11 is 0. The van der Waals surface area contributed by atoms with E-state index in [2.05, 4.69) is 4.72 Å². The molecule has 2 aromatic rings. The minimum atomic E-state index is -4.17. The van der Waals surface area contributed by atoms with Gasteiger partial charge in [0.15, 0.2) is 16.4 Å². The van der Waals surface area contributed by atoms with Crippen LogP contribution >= 0.6 is 0 Å². The van der Waals surface area contributed by atoms with Crippen molar-refractivity contribution in [1.82, 2.24) is 9.13 Å². The normalized spacial score (nSPS) is 13.6. The fourth-order valence-corrected chi connectivity index (χ4v) is 3.49. The van der Waals surface area contributed by atoms with Crippen molar-refractivity contribution in [2.24, 2.45) is 14.1 Å². The van der Waals surface area contributed by atoms with Crippen LogP contribution in [0.5, 0.6) is 11.5 Å². The van der Waals surface area contributed by atoms with Crippen LogP contribution in [0.3, 0.4) is 0 Å². The van der Waals surface area contributed by atoms with E-state index in [0.717, 1.165) is 15.3 Å². The number of rotatable bonds is 3. The molecule has 10 heteroatoms. The van der Waals surface area contributed by atoms with Gasteiger partial charge in [0.05, 0.1) is 5.69 Å². The molecule has 0 amide bonds. The molecule has 0 spiro atoms. The first-order valence-corrected chi connectivity index (χ1v) is 8.47. The van der Waals surface area contributed by atoms with E-state index in [1.165, 1.54) is 26.2 Å². The lowest BCUT2D eigenvalue weighted by Gasteiger charge is -2.19. The van der Waals surface area contributed by atoms with Gasteiger partial charge in [-0.25, -0.2) is 13.2 Å². The predicted molar refractivity (Wildman–Crippen MR) is 85.2 cm³/mol. The highest BCUT2D eigenvalue weighted by Crippen LogP contribution is 2.33. The molecule has 3 rings (SSSR count). The number of nitrogens with zero attached hydrogens (tertiary/aromatic N) is 2. The van der Waals surface area contributed by atoms with E-state index in [1.54, 1.807) is 6.07 Å². The van der Waals surface area contributed by atoms with Gasteiger partial charge in [0.2, 0.25) is 0 Å². The van der Waals surface area contributed by atoms with Crippen molar-refractivity contribution in [2.45, 2.75) is 4.90 Å². The number of nitrogens with one attached hydrogen (secondary N) is 1. The molecular formula is C14H15N3O6S. The molecule has 0 bridgehead atoms. The van der Waals surface area contributed by atoms with E-state index < -0.39 is 26.2 Å². The number of aryl methyl sites for hydroxylation is 1. The van der Waals surface area contributed by atoms with Gasteiger partial charge in [-0.1, -0.05) is 0 Å². The zero-order valence-corrected chi connectivity index (χ0v) is 13.8. The molecule has 0 saturated carbocycles. The molecule has 1 N–H and O–H groups in total. The van der Waals surface area contributed by atoms with Crippen LogP contribution in [0.4, 0.5) is 5.69 Å². The standard InChI is InChI=1S/C14H15N3O6S/c1-16-8-12(13(18)17(2)14(16)19)24(20,21)15-9-3-4-10-11(7-9)23-6-5-22-10/h3-4,7-8,15H,5-6H2,1-2H3. The predicted octanol–water partition coefficient (Wildman–Crippen LogP) is -0.344. The molecule has 1 aromatic heterocycles. The number of ether oxygens (including phenoxy) is 2. The molecule has 1 aliphatic heterocycles. The number of fused-ring (bicyclic) bond motifs is 1. The molecule has 0 radical (unpaired) electrons. The summed E-state index contributed by atoms with van der Waals surface area (Å²) in [5.74, 6) is 0.928. The summed E-state index contributed by atoms with van der Waals surface area (Å²) in [4.78, 5) is 23.2. The van der Waals surface area contributed by atoms with Crippen molar-refractivity contribution in [3.8, 4) is 11.5 Å². The Morgan fingerprint density at radius 2 is 1.75 bits per heavy atom. The Balaban J connectivity index is 2.01.